The van der Waals surface area contributed by atoms with E-state index in [9.17, 15) is 4.79 Å². The van der Waals surface area contributed by atoms with Crippen LogP contribution >= 0.6 is 0 Å². The summed E-state index contributed by atoms with van der Waals surface area (Å²) in [5.41, 5.74) is 0. The molecule has 1 heteroatoms. The van der Waals surface area contributed by atoms with Gasteiger partial charge in [-0.05, 0) is 44.9 Å². The number of allylic oxidation sites excluding steroid dienone is 8. The molecule has 0 aliphatic heterocycles. The highest BCUT2D eigenvalue weighted by molar-refractivity contribution is 5.48. The summed E-state index contributed by atoms with van der Waals surface area (Å²) >= 11 is 0. The fourth-order valence-electron chi connectivity index (χ4n) is 1.59. The average molecular weight is 260 g/mol. The Morgan fingerprint density at radius 1 is 0.632 bits per heavy atom. The quantitative estimate of drug-likeness (QED) is 0.255. The molecule has 0 heterocycles. The summed E-state index contributed by atoms with van der Waals surface area (Å²) in [6, 6.07) is 0. The normalized spacial score (nSPS) is 12.5. The van der Waals surface area contributed by atoms with E-state index in [4.69, 9.17) is 0 Å². The summed E-state index contributed by atoms with van der Waals surface area (Å²) in [5, 5.41) is 0. The lowest BCUT2D eigenvalue weighted by atomic mass is 10.2. The van der Waals surface area contributed by atoms with Crippen molar-refractivity contribution in [2.45, 2.75) is 58.3 Å². The van der Waals surface area contributed by atoms with E-state index in [1.165, 1.54) is 0 Å². The van der Waals surface area contributed by atoms with Gasteiger partial charge in [0.2, 0.25) is 0 Å². The van der Waals surface area contributed by atoms with E-state index >= 15 is 0 Å². The molecule has 0 aromatic heterocycles. The third-order valence-electron chi connectivity index (χ3n) is 2.66. The van der Waals surface area contributed by atoms with Crippen molar-refractivity contribution in [3.8, 4) is 0 Å². The number of hydrogen-bond donors (Lipinski definition) is 0. The first-order valence-corrected chi connectivity index (χ1v) is 7.45. The van der Waals surface area contributed by atoms with E-state index < -0.39 is 0 Å². The van der Waals surface area contributed by atoms with E-state index in [0.29, 0.717) is 6.42 Å². The largest absolute Gasteiger partial charge is 0.303 e. The molecule has 0 unspecified atom stereocenters. The standard InChI is InChI=1S/C18H28O/c1-2-3-4-5-6-7-8-9-10-11-12-13-14-15-16-17-18-19/h3-4,6-7,9-10,12-13,18H,2,5,8,11,14-17H2,1H3/b4-3-,7-6-,10-9-,13-12-. The van der Waals surface area contributed by atoms with Crippen molar-refractivity contribution in [2.24, 2.45) is 0 Å². The lowest BCUT2D eigenvalue weighted by Crippen LogP contribution is -1.75. The minimum atomic E-state index is 0.702. The highest BCUT2D eigenvalue weighted by Crippen LogP contribution is 2.00. The summed E-state index contributed by atoms with van der Waals surface area (Å²) in [6.07, 6.45) is 26.7. The number of aldehydes is 1. The van der Waals surface area contributed by atoms with Gasteiger partial charge in [-0.25, -0.2) is 0 Å². The van der Waals surface area contributed by atoms with Crippen LogP contribution in [0.3, 0.4) is 0 Å². The fourth-order valence-corrected chi connectivity index (χ4v) is 1.59. The van der Waals surface area contributed by atoms with E-state index in [1.807, 2.05) is 0 Å². The fraction of sp³-hybridized carbons (Fsp3) is 0.500. The molecule has 0 aromatic rings. The van der Waals surface area contributed by atoms with Gasteiger partial charge in [0, 0.05) is 6.42 Å². The van der Waals surface area contributed by atoms with E-state index in [1.54, 1.807) is 0 Å². The van der Waals surface area contributed by atoms with Gasteiger partial charge >= 0.3 is 0 Å². The summed E-state index contributed by atoms with van der Waals surface area (Å²) in [6.45, 7) is 2.15. The average Bonchev–Trinajstić information content (AvgIpc) is 2.43. The Bertz CT molecular complexity index is 295. The van der Waals surface area contributed by atoms with Gasteiger partial charge in [-0.15, -0.1) is 0 Å². The molecule has 19 heavy (non-hydrogen) atoms. The second-order valence-electron chi connectivity index (χ2n) is 4.45. The van der Waals surface area contributed by atoms with Crippen molar-refractivity contribution in [2.75, 3.05) is 0 Å². The highest BCUT2D eigenvalue weighted by atomic mass is 16.1. The topological polar surface area (TPSA) is 17.1 Å². The van der Waals surface area contributed by atoms with Crippen molar-refractivity contribution < 1.29 is 4.79 Å². The molecule has 0 spiro atoms. The molecule has 0 amide bonds. The zero-order valence-electron chi connectivity index (χ0n) is 12.3. The Kier molecular flexibility index (Phi) is 15.4. The minimum Gasteiger partial charge on any atom is -0.303 e. The van der Waals surface area contributed by atoms with Crippen LogP contribution in [-0.2, 0) is 4.79 Å². The first-order valence-electron chi connectivity index (χ1n) is 7.45. The molecular weight excluding hydrogens is 232 g/mol. The monoisotopic (exact) mass is 260 g/mol. The highest BCUT2D eigenvalue weighted by Gasteiger charge is 1.83. The number of carbonyl (C=O) groups excluding carboxylic acids is 1. The Hall–Kier alpha value is -1.37. The van der Waals surface area contributed by atoms with Crippen molar-refractivity contribution in [1.29, 1.82) is 0 Å². The molecule has 0 bridgehead atoms. The molecule has 1 nitrogen and oxygen atoms in total. The molecule has 0 radical (unpaired) electrons. The molecule has 0 rings (SSSR count). The third kappa shape index (κ3) is 16.6. The zero-order valence-corrected chi connectivity index (χ0v) is 12.3. The van der Waals surface area contributed by atoms with Gasteiger partial charge in [0.25, 0.3) is 0 Å². The maximum absolute atomic E-state index is 10.1. The molecule has 0 saturated heterocycles. The van der Waals surface area contributed by atoms with Crippen LogP contribution in [0.25, 0.3) is 0 Å². The molecule has 0 aliphatic rings. The Morgan fingerprint density at radius 2 is 1.11 bits per heavy atom. The summed E-state index contributed by atoms with van der Waals surface area (Å²) in [7, 11) is 0. The molecule has 0 N–H and O–H groups in total. The summed E-state index contributed by atoms with van der Waals surface area (Å²) in [4.78, 5) is 10.1. The smallest absolute Gasteiger partial charge is 0.119 e. The van der Waals surface area contributed by atoms with Gasteiger partial charge in [0.15, 0.2) is 0 Å². The van der Waals surface area contributed by atoms with E-state index in [-0.39, 0.29) is 0 Å². The Balaban J connectivity index is 3.35. The van der Waals surface area contributed by atoms with Gasteiger partial charge in [0.1, 0.15) is 6.29 Å². The van der Waals surface area contributed by atoms with Crippen LogP contribution in [0.4, 0.5) is 0 Å². The van der Waals surface area contributed by atoms with Crippen molar-refractivity contribution in [3.63, 3.8) is 0 Å². The Labute approximate surface area is 118 Å². The second kappa shape index (κ2) is 16.6. The molecular formula is C18H28O. The van der Waals surface area contributed by atoms with Crippen LogP contribution < -0.4 is 0 Å². The minimum absolute atomic E-state index is 0.702. The SMILES string of the molecule is CC/C=C\C/C=C\C/C=C\C/C=C\CCCCC=O. The maximum atomic E-state index is 10.1. The van der Waals surface area contributed by atoms with E-state index in [0.717, 1.165) is 51.2 Å². The van der Waals surface area contributed by atoms with Crippen LogP contribution in [0.2, 0.25) is 0 Å². The first kappa shape index (κ1) is 17.6. The van der Waals surface area contributed by atoms with Gasteiger partial charge in [-0.1, -0.05) is 55.5 Å². The van der Waals surface area contributed by atoms with Crippen LogP contribution in [-0.4, -0.2) is 6.29 Å². The molecule has 0 aliphatic carbocycles. The molecule has 0 fully saturated rings. The van der Waals surface area contributed by atoms with E-state index in [2.05, 4.69) is 55.5 Å². The first-order chi connectivity index (χ1) is 9.41. The second-order valence-corrected chi connectivity index (χ2v) is 4.45. The van der Waals surface area contributed by atoms with Gasteiger partial charge in [-0.2, -0.15) is 0 Å². The third-order valence-corrected chi connectivity index (χ3v) is 2.66. The number of rotatable bonds is 12. The zero-order chi connectivity index (χ0) is 14.0. The van der Waals surface area contributed by atoms with Crippen LogP contribution in [0.5, 0.6) is 0 Å². The molecule has 0 saturated carbocycles. The predicted octanol–water partition coefficient (Wildman–Crippen LogP) is 5.55. The van der Waals surface area contributed by atoms with Gasteiger partial charge < -0.3 is 4.79 Å². The number of unbranched alkanes of at least 4 members (excludes halogenated alkanes) is 3. The number of hydrogen-bond acceptors (Lipinski definition) is 1. The molecule has 106 valence electrons. The van der Waals surface area contributed by atoms with Crippen LogP contribution in [0.15, 0.2) is 48.6 Å². The van der Waals surface area contributed by atoms with Gasteiger partial charge in [0.05, 0.1) is 0 Å². The van der Waals surface area contributed by atoms with Crippen LogP contribution in [0, 0.1) is 0 Å². The Morgan fingerprint density at radius 3 is 1.63 bits per heavy atom. The lowest BCUT2D eigenvalue weighted by molar-refractivity contribution is -0.107. The maximum Gasteiger partial charge on any atom is 0.119 e. The molecule has 0 aromatic carbocycles. The number of carbonyl (C=O) groups is 1. The van der Waals surface area contributed by atoms with Crippen molar-refractivity contribution >= 4 is 6.29 Å². The molecule has 0 atom stereocenters. The summed E-state index contributed by atoms with van der Waals surface area (Å²) in [5.74, 6) is 0. The van der Waals surface area contributed by atoms with Crippen molar-refractivity contribution in [1.82, 2.24) is 0 Å². The summed E-state index contributed by atoms with van der Waals surface area (Å²) < 4.78 is 0. The predicted molar refractivity (Wildman–Crippen MR) is 85.2 cm³/mol. The van der Waals surface area contributed by atoms with Crippen LogP contribution in [0.1, 0.15) is 58.3 Å². The lowest BCUT2D eigenvalue weighted by Gasteiger charge is -1.90. The van der Waals surface area contributed by atoms with Gasteiger partial charge in [-0.3, -0.25) is 0 Å². The van der Waals surface area contributed by atoms with Crippen molar-refractivity contribution in [3.05, 3.63) is 48.6 Å².